The summed E-state index contributed by atoms with van der Waals surface area (Å²) < 4.78 is 1.70. The minimum absolute atomic E-state index is 0.0241. The van der Waals surface area contributed by atoms with Crippen LogP contribution in [0.5, 0.6) is 0 Å². The van der Waals surface area contributed by atoms with Gasteiger partial charge in [0.15, 0.2) is 0 Å². The first-order valence-electron chi connectivity index (χ1n) is 9.71. The number of likely N-dealkylation sites (tertiary alicyclic amines) is 1. The van der Waals surface area contributed by atoms with Gasteiger partial charge in [-0.2, -0.15) is 0 Å². The van der Waals surface area contributed by atoms with Crippen LogP contribution in [0.3, 0.4) is 0 Å². The van der Waals surface area contributed by atoms with Crippen molar-refractivity contribution in [1.29, 1.82) is 0 Å². The number of carbonyl (C=O) groups is 2. The molecule has 27 heavy (non-hydrogen) atoms. The highest BCUT2D eigenvalue weighted by Crippen LogP contribution is 2.20. The van der Waals surface area contributed by atoms with Crippen molar-refractivity contribution in [3.8, 4) is 0 Å². The Kier molecular flexibility index (Phi) is 5.07. The van der Waals surface area contributed by atoms with Crippen molar-refractivity contribution in [2.75, 3.05) is 26.2 Å². The van der Waals surface area contributed by atoms with Crippen molar-refractivity contribution in [3.05, 3.63) is 23.8 Å². The summed E-state index contributed by atoms with van der Waals surface area (Å²) >= 11 is 0. The lowest BCUT2D eigenvalue weighted by Crippen LogP contribution is -2.46. The molecule has 8 nitrogen and oxygen atoms in total. The van der Waals surface area contributed by atoms with Gasteiger partial charge in [0.25, 0.3) is 5.91 Å². The maximum absolute atomic E-state index is 12.9. The molecule has 2 fully saturated rings. The molecule has 8 heteroatoms. The van der Waals surface area contributed by atoms with E-state index in [9.17, 15) is 9.59 Å². The van der Waals surface area contributed by atoms with Gasteiger partial charge in [-0.25, -0.2) is 4.68 Å². The molecule has 2 aliphatic heterocycles. The van der Waals surface area contributed by atoms with Crippen LogP contribution in [0.1, 0.15) is 36.0 Å². The van der Waals surface area contributed by atoms with Gasteiger partial charge in [-0.15, -0.1) is 5.10 Å². The topological polar surface area (TPSA) is 92.2 Å². The number of rotatable bonds is 4. The summed E-state index contributed by atoms with van der Waals surface area (Å²) in [5.74, 6) is 0.411. The molecule has 0 spiro atoms. The molecule has 2 aromatic rings. The monoisotopic (exact) mass is 370 g/mol. The van der Waals surface area contributed by atoms with E-state index >= 15 is 0 Å². The summed E-state index contributed by atoms with van der Waals surface area (Å²) in [5.41, 5.74) is 2.28. The number of benzene rings is 1. The lowest BCUT2D eigenvalue weighted by atomic mass is 9.97. The lowest BCUT2D eigenvalue weighted by Gasteiger charge is -2.33. The van der Waals surface area contributed by atoms with Crippen molar-refractivity contribution in [1.82, 2.24) is 30.5 Å². The number of hydrogen-bond donors (Lipinski definition) is 2. The Morgan fingerprint density at radius 2 is 2.19 bits per heavy atom. The van der Waals surface area contributed by atoms with Crippen LogP contribution in [-0.2, 0) is 11.8 Å². The molecule has 0 radical (unpaired) electrons. The van der Waals surface area contributed by atoms with Gasteiger partial charge in [-0.1, -0.05) is 5.21 Å². The van der Waals surface area contributed by atoms with Crippen LogP contribution in [0.15, 0.2) is 18.2 Å². The maximum Gasteiger partial charge on any atom is 0.253 e. The van der Waals surface area contributed by atoms with Crippen molar-refractivity contribution < 1.29 is 9.59 Å². The van der Waals surface area contributed by atoms with Crippen LogP contribution in [0, 0.1) is 5.92 Å². The second-order valence-corrected chi connectivity index (χ2v) is 7.57. The Morgan fingerprint density at radius 3 is 3.00 bits per heavy atom. The van der Waals surface area contributed by atoms with E-state index in [1.165, 1.54) is 0 Å². The van der Waals surface area contributed by atoms with Gasteiger partial charge in [0.2, 0.25) is 5.91 Å². The van der Waals surface area contributed by atoms with Crippen molar-refractivity contribution >= 4 is 22.8 Å². The third-order valence-electron chi connectivity index (χ3n) is 5.61. The molecule has 1 aromatic heterocycles. The number of aromatic nitrogens is 3. The molecular weight excluding hydrogens is 344 g/mol. The number of fused-ring (bicyclic) bond motifs is 1. The van der Waals surface area contributed by atoms with E-state index in [1.807, 2.05) is 30.1 Å². The molecule has 2 saturated heterocycles. The van der Waals surface area contributed by atoms with Gasteiger partial charge in [0, 0.05) is 32.2 Å². The second kappa shape index (κ2) is 7.64. The molecule has 0 aliphatic carbocycles. The fourth-order valence-corrected chi connectivity index (χ4v) is 4.05. The highest BCUT2D eigenvalue weighted by atomic mass is 16.2. The van der Waals surface area contributed by atoms with Crippen LogP contribution in [0.25, 0.3) is 11.0 Å². The highest BCUT2D eigenvalue weighted by molar-refractivity contribution is 5.97. The van der Waals surface area contributed by atoms with Gasteiger partial charge in [-0.3, -0.25) is 9.59 Å². The molecule has 4 rings (SSSR count). The number of aryl methyl sites for hydroxylation is 1. The van der Waals surface area contributed by atoms with Crippen molar-refractivity contribution in [3.63, 3.8) is 0 Å². The van der Waals surface area contributed by atoms with E-state index < -0.39 is 0 Å². The summed E-state index contributed by atoms with van der Waals surface area (Å²) in [6, 6.07) is 5.48. The number of amides is 2. The number of nitrogens with one attached hydrogen (secondary N) is 2. The van der Waals surface area contributed by atoms with Crippen LogP contribution >= 0.6 is 0 Å². The SMILES string of the molecule is Cn1nnc2cc(C(=O)N3CCCC(CNC(=O)C4CCCN4)C3)ccc21. The lowest BCUT2D eigenvalue weighted by molar-refractivity contribution is -0.123. The quantitative estimate of drug-likeness (QED) is 0.826. The zero-order chi connectivity index (χ0) is 18.8. The molecule has 0 bridgehead atoms. The highest BCUT2D eigenvalue weighted by Gasteiger charge is 2.27. The fourth-order valence-electron chi connectivity index (χ4n) is 4.05. The predicted octanol–water partition coefficient (Wildman–Crippen LogP) is 0.689. The Labute approximate surface area is 158 Å². The van der Waals surface area contributed by atoms with Crippen molar-refractivity contribution in [2.45, 2.75) is 31.7 Å². The van der Waals surface area contributed by atoms with E-state index in [2.05, 4.69) is 20.9 Å². The first kappa shape index (κ1) is 17.9. The Bertz CT molecular complexity index is 842. The van der Waals surface area contributed by atoms with Gasteiger partial charge in [0.05, 0.1) is 11.6 Å². The predicted molar refractivity (Wildman–Crippen MR) is 101 cm³/mol. The van der Waals surface area contributed by atoms with Gasteiger partial charge in [0.1, 0.15) is 5.52 Å². The maximum atomic E-state index is 12.9. The second-order valence-electron chi connectivity index (χ2n) is 7.57. The average Bonchev–Trinajstić information content (AvgIpc) is 3.36. The third-order valence-corrected chi connectivity index (χ3v) is 5.61. The van der Waals surface area contributed by atoms with Crippen LogP contribution in [0.2, 0.25) is 0 Å². The van der Waals surface area contributed by atoms with E-state index in [0.717, 1.165) is 49.8 Å². The largest absolute Gasteiger partial charge is 0.354 e. The Hall–Kier alpha value is -2.48. The molecule has 2 N–H and O–H groups in total. The van der Waals surface area contributed by atoms with Crippen LogP contribution in [0.4, 0.5) is 0 Å². The van der Waals surface area contributed by atoms with E-state index in [1.54, 1.807) is 4.68 Å². The Balaban J connectivity index is 1.36. The zero-order valence-corrected chi connectivity index (χ0v) is 15.6. The van der Waals surface area contributed by atoms with Crippen molar-refractivity contribution in [2.24, 2.45) is 13.0 Å². The summed E-state index contributed by atoms with van der Waals surface area (Å²) in [4.78, 5) is 27.0. The average molecular weight is 370 g/mol. The van der Waals surface area contributed by atoms with Crippen LogP contribution in [-0.4, -0.2) is 63.9 Å². The minimum Gasteiger partial charge on any atom is -0.354 e. The molecule has 1 aromatic carbocycles. The summed E-state index contributed by atoms with van der Waals surface area (Å²) in [6.45, 7) is 2.98. The van der Waals surface area contributed by atoms with E-state index in [-0.39, 0.29) is 17.9 Å². The zero-order valence-electron chi connectivity index (χ0n) is 15.6. The summed E-state index contributed by atoms with van der Waals surface area (Å²) in [6.07, 6.45) is 3.96. The Morgan fingerprint density at radius 1 is 1.30 bits per heavy atom. The standard InChI is InChI=1S/C19H26N6O2/c1-24-17-7-6-14(10-16(17)22-23-24)19(27)25-9-3-4-13(12-25)11-21-18(26)15-5-2-8-20-15/h6-7,10,13,15,20H,2-5,8-9,11-12H2,1H3,(H,21,26). The molecule has 3 heterocycles. The molecular formula is C19H26N6O2. The third kappa shape index (κ3) is 3.80. The molecule has 2 aliphatic rings. The van der Waals surface area contributed by atoms with Gasteiger partial charge < -0.3 is 15.5 Å². The van der Waals surface area contributed by atoms with E-state index in [4.69, 9.17) is 0 Å². The fraction of sp³-hybridized carbons (Fsp3) is 0.579. The molecule has 2 unspecified atom stereocenters. The molecule has 2 atom stereocenters. The molecule has 144 valence electrons. The molecule has 2 amide bonds. The van der Waals surface area contributed by atoms with E-state index in [0.29, 0.717) is 24.6 Å². The summed E-state index contributed by atoms with van der Waals surface area (Å²) in [7, 11) is 1.83. The molecule has 0 saturated carbocycles. The number of hydrogen-bond acceptors (Lipinski definition) is 5. The van der Waals surface area contributed by atoms with Gasteiger partial charge >= 0.3 is 0 Å². The smallest absolute Gasteiger partial charge is 0.253 e. The minimum atomic E-state index is -0.0509. The first-order chi connectivity index (χ1) is 13.1. The normalized spacial score (nSPS) is 22.9. The van der Waals surface area contributed by atoms with Gasteiger partial charge in [-0.05, 0) is 56.3 Å². The summed E-state index contributed by atoms with van der Waals surface area (Å²) in [5, 5.41) is 14.4. The number of piperidine rings is 1. The van der Waals surface area contributed by atoms with Crippen LogP contribution < -0.4 is 10.6 Å². The first-order valence-corrected chi connectivity index (χ1v) is 9.71. The number of carbonyl (C=O) groups excluding carboxylic acids is 2. The number of nitrogens with zero attached hydrogens (tertiary/aromatic N) is 4.